The molecule has 0 radical (unpaired) electrons. The Balaban J connectivity index is 1.53. The number of carbonyl (C=O) groups is 2. The summed E-state index contributed by atoms with van der Waals surface area (Å²) in [4.78, 5) is 31.8. The van der Waals surface area contributed by atoms with E-state index in [0.717, 1.165) is 11.8 Å². The number of hydrogen-bond acceptors (Lipinski definition) is 7. The lowest BCUT2D eigenvalue weighted by molar-refractivity contribution is -0.121. The summed E-state index contributed by atoms with van der Waals surface area (Å²) in [6.45, 7) is 2.08. The smallest absolute Gasteiger partial charge is 0.241 e. The highest BCUT2D eigenvalue weighted by atomic mass is 35.5. The Morgan fingerprint density at radius 3 is 2.91 bits per heavy atom. The monoisotopic (exact) mass is 477 g/mol. The fourth-order valence-electron chi connectivity index (χ4n) is 3.40. The van der Waals surface area contributed by atoms with Gasteiger partial charge in [0.05, 0.1) is 29.5 Å². The average molecular weight is 478 g/mol. The molecule has 1 fully saturated rings. The molecule has 2 heterocycles. The number of amidine groups is 1. The maximum atomic E-state index is 13.7. The Bertz CT molecular complexity index is 1100. The molecule has 0 aromatic heterocycles. The normalized spacial score (nSPS) is 20.1. The zero-order chi connectivity index (χ0) is 22.8. The van der Waals surface area contributed by atoms with E-state index in [4.69, 9.17) is 16.3 Å². The zero-order valence-electron chi connectivity index (χ0n) is 17.3. The number of benzene rings is 2. The van der Waals surface area contributed by atoms with Gasteiger partial charge in [-0.25, -0.2) is 14.8 Å². The summed E-state index contributed by atoms with van der Waals surface area (Å²) < 4.78 is 18.9. The van der Waals surface area contributed by atoms with Gasteiger partial charge >= 0.3 is 0 Å². The highest BCUT2D eigenvalue weighted by Crippen LogP contribution is 2.34. The maximum absolute atomic E-state index is 13.7. The van der Waals surface area contributed by atoms with Crippen molar-refractivity contribution in [2.24, 2.45) is 10.9 Å². The SMILES string of the molecule is COc1ccc(N2C(=O)C3CNNC3N=C2SCC(=O)Nc2ccc(C)c(F)c2)cc1Cl. The first-order chi connectivity index (χ1) is 15.4. The molecule has 2 unspecified atom stereocenters. The summed E-state index contributed by atoms with van der Waals surface area (Å²) in [7, 11) is 1.51. The van der Waals surface area contributed by atoms with Crippen LogP contribution in [0.2, 0.25) is 5.02 Å². The third-order valence-corrected chi connectivity index (χ3v) is 6.36. The lowest BCUT2D eigenvalue weighted by Crippen LogP contribution is -2.49. The maximum Gasteiger partial charge on any atom is 0.241 e. The summed E-state index contributed by atoms with van der Waals surface area (Å²) in [6.07, 6.45) is -0.427. The molecule has 32 heavy (non-hydrogen) atoms. The topological polar surface area (TPSA) is 95.1 Å². The number of methoxy groups -OCH3 is 1. The van der Waals surface area contributed by atoms with Crippen LogP contribution in [0.1, 0.15) is 5.56 Å². The van der Waals surface area contributed by atoms with Gasteiger partial charge in [0.2, 0.25) is 11.8 Å². The molecule has 4 rings (SSSR count). The molecule has 2 aromatic rings. The van der Waals surface area contributed by atoms with Gasteiger partial charge in [-0.3, -0.25) is 19.9 Å². The molecule has 0 bridgehead atoms. The largest absolute Gasteiger partial charge is 0.495 e. The second-order valence-electron chi connectivity index (χ2n) is 7.28. The molecule has 0 saturated carbocycles. The quantitative estimate of drug-likeness (QED) is 0.613. The Labute approximate surface area is 193 Å². The van der Waals surface area contributed by atoms with E-state index < -0.39 is 12.0 Å². The lowest BCUT2D eigenvalue weighted by Gasteiger charge is -2.32. The van der Waals surface area contributed by atoms with E-state index in [-0.39, 0.29) is 23.5 Å². The van der Waals surface area contributed by atoms with Gasteiger partial charge in [0.1, 0.15) is 17.7 Å². The number of ether oxygens (including phenoxy) is 1. The van der Waals surface area contributed by atoms with Gasteiger partial charge < -0.3 is 10.1 Å². The number of rotatable bonds is 5. The first kappa shape index (κ1) is 22.5. The molecule has 2 aromatic carbocycles. The Hall–Kier alpha value is -2.66. The summed E-state index contributed by atoms with van der Waals surface area (Å²) in [6, 6.07) is 9.50. The van der Waals surface area contributed by atoms with Crippen LogP contribution in [0.25, 0.3) is 0 Å². The standard InChI is InChI=1S/C21H21ClFN5O3S/c1-11-3-4-12(7-16(11)23)25-18(29)10-32-21-26-19-14(9-24-27-19)20(30)28(21)13-5-6-17(31-2)15(22)8-13/h3-8,14,19,24,27H,9-10H2,1-2H3,(H,25,29). The van der Waals surface area contributed by atoms with Crippen LogP contribution >= 0.6 is 23.4 Å². The van der Waals surface area contributed by atoms with Crippen molar-refractivity contribution in [2.45, 2.75) is 13.1 Å². The predicted molar refractivity (Wildman–Crippen MR) is 124 cm³/mol. The van der Waals surface area contributed by atoms with Crippen molar-refractivity contribution in [3.63, 3.8) is 0 Å². The van der Waals surface area contributed by atoms with E-state index in [1.165, 1.54) is 18.1 Å². The van der Waals surface area contributed by atoms with Gasteiger partial charge in [-0.05, 0) is 42.8 Å². The molecule has 2 aliphatic rings. The van der Waals surface area contributed by atoms with Crippen LogP contribution in [-0.2, 0) is 9.59 Å². The zero-order valence-corrected chi connectivity index (χ0v) is 18.9. The number of carbonyl (C=O) groups excluding carboxylic acids is 2. The molecule has 2 aliphatic heterocycles. The van der Waals surface area contributed by atoms with Crippen LogP contribution in [0, 0.1) is 18.7 Å². The molecule has 1 saturated heterocycles. The number of aliphatic imine (C=N–C) groups is 1. The van der Waals surface area contributed by atoms with Crippen LogP contribution in [0.3, 0.4) is 0 Å². The molecule has 3 N–H and O–H groups in total. The molecule has 2 atom stereocenters. The van der Waals surface area contributed by atoms with Crippen molar-refractivity contribution in [3.05, 3.63) is 52.8 Å². The molecule has 168 valence electrons. The number of aryl methyl sites for hydroxylation is 1. The fourth-order valence-corrected chi connectivity index (χ4v) is 4.50. The predicted octanol–water partition coefficient (Wildman–Crippen LogP) is 2.92. The number of fused-ring (bicyclic) bond motifs is 1. The number of amides is 2. The second-order valence-corrected chi connectivity index (χ2v) is 8.63. The van der Waals surface area contributed by atoms with Crippen molar-refractivity contribution in [1.82, 2.24) is 10.9 Å². The second kappa shape index (κ2) is 9.45. The van der Waals surface area contributed by atoms with Gasteiger partial charge in [-0.1, -0.05) is 29.4 Å². The van der Waals surface area contributed by atoms with Crippen molar-refractivity contribution in [3.8, 4) is 5.75 Å². The van der Waals surface area contributed by atoms with E-state index in [2.05, 4.69) is 21.2 Å². The van der Waals surface area contributed by atoms with Crippen molar-refractivity contribution >= 4 is 51.7 Å². The summed E-state index contributed by atoms with van der Waals surface area (Å²) in [5.74, 6) is -0.825. The molecule has 11 heteroatoms. The first-order valence-electron chi connectivity index (χ1n) is 9.80. The number of hydrogen-bond donors (Lipinski definition) is 3. The lowest BCUT2D eigenvalue weighted by atomic mass is 10.0. The van der Waals surface area contributed by atoms with Crippen molar-refractivity contribution in [1.29, 1.82) is 0 Å². The summed E-state index contributed by atoms with van der Waals surface area (Å²) in [5, 5.41) is 3.38. The van der Waals surface area contributed by atoms with Gasteiger partial charge in [0, 0.05) is 12.2 Å². The first-order valence-corrected chi connectivity index (χ1v) is 11.2. The number of nitrogens with one attached hydrogen (secondary N) is 3. The molecule has 0 spiro atoms. The summed E-state index contributed by atoms with van der Waals surface area (Å²) in [5.41, 5.74) is 7.30. The minimum Gasteiger partial charge on any atom is -0.495 e. The highest BCUT2D eigenvalue weighted by molar-refractivity contribution is 8.14. The molecular formula is C21H21ClFN5O3S. The van der Waals surface area contributed by atoms with Crippen LogP contribution < -0.4 is 25.8 Å². The Morgan fingerprint density at radius 1 is 1.38 bits per heavy atom. The van der Waals surface area contributed by atoms with Crippen LogP contribution in [0.15, 0.2) is 41.4 Å². The molecular weight excluding hydrogens is 457 g/mol. The third-order valence-electron chi connectivity index (χ3n) is 5.11. The highest BCUT2D eigenvalue weighted by Gasteiger charge is 2.42. The number of thioether (sulfide) groups is 1. The minimum absolute atomic E-state index is 0.0210. The fraction of sp³-hybridized carbons (Fsp3) is 0.286. The number of anilines is 2. The van der Waals surface area contributed by atoms with Crippen LogP contribution in [0.5, 0.6) is 5.75 Å². The minimum atomic E-state index is -0.427. The van der Waals surface area contributed by atoms with Crippen molar-refractivity contribution in [2.75, 3.05) is 29.6 Å². The van der Waals surface area contributed by atoms with Gasteiger partial charge in [0.15, 0.2) is 5.17 Å². The molecule has 2 amide bonds. The van der Waals surface area contributed by atoms with E-state index in [1.54, 1.807) is 37.3 Å². The van der Waals surface area contributed by atoms with Crippen LogP contribution in [0.4, 0.5) is 15.8 Å². The Kier molecular flexibility index (Phi) is 6.66. The molecule has 8 nitrogen and oxygen atoms in total. The summed E-state index contributed by atoms with van der Waals surface area (Å²) >= 11 is 7.38. The number of halogens is 2. The number of nitrogens with zero attached hydrogens (tertiary/aromatic N) is 2. The van der Waals surface area contributed by atoms with Crippen molar-refractivity contribution < 1.29 is 18.7 Å². The average Bonchev–Trinajstić information content (AvgIpc) is 3.24. The Morgan fingerprint density at radius 2 is 2.19 bits per heavy atom. The van der Waals surface area contributed by atoms with Gasteiger partial charge in [0.25, 0.3) is 0 Å². The number of hydrazine groups is 1. The van der Waals surface area contributed by atoms with Gasteiger partial charge in [-0.15, -0.1) is 0 Å². The van der Waals surface area contributed by atoms with E-state index >= 15 is 0 Å². The molecule has 0 aliphatic carbocycles. The van der Waals surface area contributed by atoms with E-state index in [1.807, 2.05) is 0 Å². The van der Waals surface area contributed by atoms with E-state index in [9.17, 15) is 14.0 Å². The van der Waals surface area contributed by atoms with Crippen LogP contribution in [-0.4, -0.2) is 42.6 Å². The third kappa shape index (κ3) is 4.58. The van der Waals surface area contributed by atoms with Gasteiger partial charge in [-0.2, -0.15) is 0 Å². The van der Waals surface area contributed by atoms with E-state index in [0.29, 0.717) is 39.4 Å².